The molecule has 4 aliphatic heterocycles. The van der Waals surface area contributed by atoms with Gasteiger partial charge >= 0.3 is 0 Å². The van der Waals surface area contributed by atoms with Gasteiger partial charge in [0.25, 0.3) is 0 Å². The van der Waals surface area contributed by atoms with Crippen LogP contribution < -0.4 is 4.90 Å². The molecular formula is C25H30N2O4. The monoisotopic (exact) mass is 422 g/mol. The number of carbonyl (C=O) groups excluding carboxylic acids is 3. The maximum Gasteiger partial charge on any atom is 0.235 e. The molecule has 31 heavy (non-hydrogen) atoms. The molecule has 3 fully saturated rings. The number of carbonyl (C=O) groups is 3. The van der Waals surface area contributed by atoms with Crippen molar-refractivity contribution in [3.05, 3.63) is 35.4 Å². The number of nitrogens with zero attached hydrogens (tertiary/aromatic N) is 2. The summed E-state index contributed by atoms with van der Waals surface area (Å²) in [5.74, 6) is -1.56. The Hall–Kier alpha value is -2.47. The molecule has 3 saturated heterocycles. The number of ether oxygens (including phenoxy) is 1. The quantitative estimate of drug-likeness (QED) is 0.701. The highest BCUT2D eigenvalue weighted by molar-refractivity contribution is 6.11. The largest absolute Gasteiger partial charge is 0.376 e. The molecule has 0 spiro atoms. The van der Waals surface area contributed by atoms with Crippen LogP contribution in [-0.2, 0) is 19.1 Å². The maximum atomic E-state index is 13.7. The minimum absolute atomic E-state index is 0.00643. The molecule has 0 unspecified atom stereocenters. The fraction of sp³-hybridized carbons (Fsp3) is 0.560. The van der Waals surface area contributed by atoms with Gasteiger partial charge in [0.1, 0.15) is 6.04 Å². The van der Waals surface area contributed by atoms with Gasteiger partial charge in [0, 0.05) is 17.7 Å². The zero-order valence-corrected chi connectivity index (χ0v) is 18.6. The Morgan fingerprint density at radius 2 is 1.90 bits per heavy atom. The van der Waals surface area contributed by atoms with E-state index >= 15 is 0 Å². The lowest BCUT2D eigenvalue weighted by Crippen LogP contribution is -2.52. The summed E-state index contributed by atoms with van der Waals surface area (Å²) < 4.78 is 5.69. The first-order chi connectivity index (χ1) is 14.7. The Bertz CT molecular complexity index is 986. The van der Waals surface area contributed by atoms with Crippen LogP contribution in [0.4, 0.5) is 5.69 Å². The molecule has 4 aliphatic rings. The van der Waals surface area contributed by atoms with Crippen molar-refractivity contribution < 1.29 is 19.1 Å². The summed E-state index contributed by atoms with van der Waals surface area (Å²) >= 11 is 0. The van der Waals surface area contributed by atoms with E-state index in [0.717, 1.165) is 29.7 Å². The Labute approximate surface area is 183 Å². The van der Waals surface area contributed by atoms with Crippen molar-refractivity contribution in [2.45, 2.75) is 58.7 Å². The van der Waals surface area contributed by atoms with Gasteiger partial charge in [-0.2, -0.15) is 0 Å². The van der Waals surface area contributed by atoms with Gasteiger partial charge in [-0.15, -0.1) is 0 Å². The van der Waals surface area contributed by atoms with Gasteiger partial charge in [-0.25, -0.2) is 0 Å². The molecule has 164 valence electrons. The van der Waals surface area contributed by atoms with E-state index < -0.39 is 23.3 Å². The highest BCUT2D eigenvalue weighted by Gasteiger charge is 2.64. The topological polar surface area (TPSA) is 66.9 Å². The number of aryl methyl sites for hydroxylation is 1. The number of imide groups is 1. The number of rotatable bonds is 3. The fourth-order valence-corrected chi connectivity index (χ4v) is 5.67. The number of ketones is 1. The summed E-state index contributed by atoms with van der Waals surface area (Å²) in [7, 11) is 0. The minimum atomic E-state index is -0.650. The van der Waals surface area contributed by atoms with Gasteiger partial charge in [-0.1, -0.05) is 44.6 Å². The Balaban J connectivity index is 1.58. The number of Topliss-reactive ketones (excluding diaryl/α,β-unsaturated/α-hetero) is 1. The van der Waals surface area contributed by atoms with Gasteiger partial charge in [-0.3, -0.25) is 19.3 Å². The van der Waals surface area contributed by atoms with Crippen LogP contribution in [0.5, 0.6) is 0 Å². The molecule has 0 radical (unpaired) electrons. The molecule has 5 atom stereocenters. The Morgan fingerprint density at radius 3 is 2.58 bits per heavy atom. The van der Waals surface area contributed by atoms with Crippen molar-refractivity contribution in [1.82, 2.24) is 4.90 Å². The number of hydrogen-bond donors (Lipinski definition) is 0. The number of anilines is 1. The number of amides is 2. The third-order valence-corrected chi connectivity index (χ3v) is 7.17. The predicted molar refractivity (Wildman–Crippen MR) is 117 cm³/mol. The standard InChI is InChI=1S/C25H30N2O4/c1-14-7-9-17-15(12-14)8-10-18-19-20(21(27(17)18)22(28)25(2,3)4)24(30)26(23(19)29)13-16-6-5-11-31-16/h7-10,12,16,18-21H,5-6,11,13H2,1-4H3/t16-,18+,19-,20+,21-/m0/s1. The second-order valence-electron chi connectivity index (χ2n) is 10.4. The van der Waals surface area contributed by atoms with Crippen LogP contribution in [-0.4, -0.2) is 53.8 Å². The molecule has 0 saturated carbocycles. The lowest BCUT2D eigenvalue weighted by atomic mass is 9.79. The van der Waals surface area contributed by atoms with Crippen LogP contribution in [0.15, 0.2) is 24.3 Å². The van der Waals surface area contributed by atoms with Gasteiger partial charge in [0.05, 0.1) is 30.5 Å². The smallest absolute Gasteiger partial charge is 0.235 e. The summed E-state index contributed by atoms with van der Waals surface area (Å²) in [5, 5.41) is 0. The third kappa shape index (κ3) is 3.06. The number of fused-ring (bicyclic) bond motifs is 5. The summed E-state index contributed by atoms with van der Waals surface area (Å²) in [6, 6.07) is 5.19. The molecular weight excluding hydrogens is 392 g/mol. The van der Waals surface area contributed by atoms with E-state index in [1.165, 1.54) is 4.90 Å². The van der Waals surface area contributed by atoms with Crippen molar-refractivity contribution >= 4 is 29.4 Å². The molecule has 6 heteroatoms. The number of hydrogen-bond acceptors (Lipinski definition) is 5. The molecule has 0 N–H and O–H groups in total. The second-order valence-corrected chi connectivity index (χ2v) is 10.4. The molecule has 1 aromatic carbocycles. The summed E-state index contributed by atoms with van der Waals surface area (Å²) in [5.41, 5.74) is 2.47. The fourth-order valence-electron chi connectivity index (χ4n) is 5.67. The van der Waals surface area contributed by atoms with Gasteiger partial charge in [0.15, 0.2) is 5.78 Å². The Kier molecular flexibility index (Phi) is 4.63. The first-order valence-electron chi connectivity index (χ1n) is 11.3. The van der Waals surface area contributed by atoms with Gasteiger partial charge < -0.3 is 9.64 Å². The summed E-state index contributed by atoms with van der Waals surface area (Å²) in [4.78, 5) is 44.2. The van der Waals surface area contributed by atoms with Crippen LogP contribution in [0.3, 0.4) is 0 Å². The molecule has 0 aliphatic carbocycles. The van der Waals surface area contributed by atoms with Crippen LogP contribution in [0.2, 0.25) is 0 Å². The van der Waals surface area contributed by atoms with Crippen LogP contribution in [0.1, 0.15) is 44.7 Å². The van der Waals surface area contributed by atoms with E-state index in [2.05, 4.69) is 11.0 Å². The molecule has 1 aromatic rings. The minimum Gasteiger partial charge on any atom is -0.376 e. The average molecular weight is 423 g/mol. The molecule has 5 rings (SSSR count). The molecule has 2 amide bonds. The summed E-state index contributed by atoms with van der Waals surface area (Å²) in [6.45, 7) is 8.67. The van der Waals surface area contributed by atoms with Crippen LogP contribution in [0.25, 0.3) is 6.08 Å². The third-order valence-electron chi connectivity index (χ3n) is 7.17. The molecule has 0 aromatic heterocycles. The van der Waals surface area contributed by atoms with Crippen molar-refractivity contribution in [2.24, 2.45) is 17.3 Å². The molecule has 6 nitrogen and oxygen atoms in total. The van der Waals surface area contributed by atoms with Crippen LogP contribution >= 0.6 is 0 Å². The molecule has 0 bridgehead atoms. The highest BCUT2D eigenvalue weighted by atomic mass is 16.5. The van der Waals surface area contributed by atoms with E-state index in [-0.39, 0.29) is 29.7 Å². The van der Waals surface area contributed by atoms with Crippen molar-refractivity contribution in [2.75, 3.05) is 18.1 Å². The SMILES string of the molecule is Cc1ccc2c(c1)C=C[C@@H]1[C@@H]3C(=O)N(C[C@@H]4CCCO4)C(=O)[C@H]3[C@@H](C(=O)C(C)(C)C)N21. The van der Waals surface area contributed by atoms with E-state index in [0.29, 0.717) is 13.2 Å². The zero-order chi connectivity index (χ0) is 22.1. The van der Waals surface area contributed by atoms with E-state index in [1.807, 2.05) is 52.0 Å². The van der Waals surface area contributed by atoms with E-state index in [1.54, 1.807) is 0 Å². The first kappa shape index (κ1) is 20.4. The van der Waals surface area contributed by atoms with E-state index in [4.69, 9.17) is 4.74 Å². The van der Waals surface area contributed by atoms with Crippen molar-refractivity contribution in [3.63, 3.8) is 0 Å². The average Bonchev–Trinajstić information content (AvgIpc) is 3.40. The summed E-state index contributed by atoms with van der Waals surface area (Å²) in [6.07, 6.45) is 5.76. The van der Waals surface area contributed by atoms with Crippen molar-refractivity contribution in [3.8, 4) is 0 Å². The first-order valence-corrected chi connectivity index (χ1v) is 11.3. The van der Waals surface area contributed by atoms with Crippen molar-refractivity contribution in [1.29, 1.82) is 0 Å². The van der Waals surface area contributed by atoms with E-state index in [9.17, 15) is 14.4 Å². The zero-order valence-electron chi connectivity index (χ0n) is 18.6. The number of benzene rings is 1. The molecule has 4 heterocycles. The van der Waals surface area contributed by atoms with Crippen LogP contribution in [0, 0.1) is 24.2 Å². The normalized spacial score (nSPS) is 31.8. The van der Waals surface area contributed by atoms with Gasteiger partial charge in [-0.05, 0) is 37.5 Å². The lowest BCUT2D eigenvalue weighted by Gasteiger charge is -2.38. The lowest BCUT2D eigenvalue weighted by molar-refractivity contribution is -0.143. The highest BCUT2D eigenvalue weighted by Crippen LogP contribution is 2.50. The maximum absolute atomic E-state index is 13.7. The predicted octanol–water partition coefficient (Wildman–Crippen LogP) is 2.97. The van der Waals surface area contributed by atoms with Gasteiger partial charge in [0.2, 0.25) is 11.8 Å². The Morgan fingerprint density at radius 1 is 1.16 bits per heavy atom. The second kappa shape index (κ2) is 7.02. The number of likely N-dealkylation sites (tertiary alicyclic amines) is 1.